The number of carbonyl (C=O) groups excluding carboxylic acids is 1. The number of amides is 1. The minimum atomic E-state index is -0.934. The van der Waals surface area contributed by atoms with E-state index in [0.717, 1.165) is 0 Å². The molecule has 18 heavy (non-hydrogen) atoms. The van der Waals surface area contributed by atoms with Crippen molar-refractivity contribution in [2.45, 2.75) is 6.42 Å². The van der Waals surface area contributed by atoms with E-state index in [4.69, 9.17) is 21.4 Å². The molecule has 0 aliphatic heterocycles. The maximum atomic E-state index is 11.7. The summed E-state index contributed by atoms with van der Waals surface area (Å²) in [6.45, 7) is 0. The molecule has 1 aromatic rings. The van der Waals surface area contributed by atoms with Crippen LogP contribution in [0.5, 0.6) is 5.75 Å². The molecule has 1 aliphatic carbocycles. The quantitative estimate of drug-likeness (QED) is 0.877. The molecule has 2 rings (SSSR count). The van der Waals surface area contributed by atoms with Gasteiger partial charge in [-0.05, 0) is 18.6 Å². The summed E-state index contributed by atoms with van der Waals surface area (Å²) >= 11 is 5.97. The van der Waals surface area contributed by atoms with Gasteiger partial charge in [-0.3, -0.25) is 9.59 Å². The summed E-state index contributed by atoms with van der Waals surface area (Å²) in [5, 5.41) is 11.7. The van der Waals surface area contributed by atoms with Gasteiger partial charge in [-0.2, -0.15) is 0 Å². The SMILES string of the molecule is COc1ccc(NC(=O)C2CC2C(=O)O)c(Cl)c1. The number of aliphatic carboxylic acids is 1. The first-order chi connectivity index (χ1) is 8.52. The highest BCUT2D eigenvalue weighted by Crippen LogP contribution is 2.40. The number of benzene rings is 1. The molecular formula is C12H12ClNO4. The summed E-state index contributed by atoms with van der Waals surface area (Å²) in [4.78, 5) is 22.4. The van der Waals surface area contributed by atoms with Gasteiger partial charge in [-0.25, -0.2) is 0 Å². The van der Waals surface area contributed by atoms with Crippen molar-refractivity contribution in [1.82, 2.24) is 0 Å². The highest BCUT2D eigenvalue weighted by Gasteiger charge is 2.48. The molecule has 1 amide bonds. The van der Waals surface area contributed by atoms with Crippen LogP contribution in [0.15, 0.2) is 18.2 Å². The van der Waals surface area contributed by atoms with Crippen LogP contribution >= 0.6 is 11.6 Å². The highest BCUT2D eigenvalue weighted by molar-refractivity contribution is 6.33. The van der Waals surface area contributed by atoms with E-state index < -0.39 is 17.8 Å². The molecule has 2 N–H and O–H groups in total. The van der Waals surface area contributed by atoms with E-state index in [9.17, 15) is 9.59 Å². The number of methoxy groups -OCH3 is 1. The van der Waals surface area contributed by atoms with Gasteiger partial charge in [-0.15, -0.1) is 0 Å². The Balaban J connectivity index is 2.02. The average Bonchev–Trinajstić information content (AvgIpc) is 3.11. The minimum absolute atomic E-state index is 0.311. The number of carboxylic acid groups (broad SMARTS) is 1. The predicted molar refractivity (Wildman–Crippen MR) is 65.9 cm³/mol. The molecular weight excluding hydrogens is 258 g/mol. The molecule has 1 fully saturated rings. The van der Waals surface area contributed by atoms with Crippen molar-refractivity contribution < 1.29 is 19.4 Å². The van der Waals surface area contributed by atoms with E-state index in [1.807, 2.05) is 0 Å². The van der Waals surface area contributed by atoms with Crippen LogP contribution in [-0.4, -0.2) is 24.1 Å². The van der Waals surface area contributed by atoms with Crippen LogP contribution in [0.25, 0.3) is 0 Å². The van der Waals surface area contributed by atoms with Gasteiger partial charge in [0.1, 0.15) is 5.75 Å². The summed E-state index contributed by atoms with van der Waals surface area (Å²) in [7, 11) is 1.52. The molecule has 2 atom stereocenters. The van der Waals surface area contributed by atoms with E-state index in [0.29, 0.717) is 22.9 Å². The average molecular weight is 270 g/mol. The number of rotatable bonds is 4. The minimum Gasteiger partial charge on any atom is -0.497 e. The molecule has 2 unspecified atom stereocenters. The van der Waals surface area contributed by atoms with Gasteiger partial charge in [0.15, 0.2) is 0 Å². The van der Waals surface area contributed by atoms with Crippen LogP contribution in [-0.2, 0) is 9.59 Å². The first kappa shape index (κ1) is 12.7. The van der Waals surface area contributed by atoms with Crippen molar-refractivity contribution in [2.75, 3.05) is 12.4 Å². The lowest BCUT2D eigenvalue weighted by molar-refractivity contribution is -0.139. The smallest absolute Gasteiger partial charge is 0.307 e. The maximum Gasteiger partial charge on any atom is 0.307 e. The second kappa shape index (κ2) is 4.86. The lowest BCUT2D eigenvalue weighted by Crippen LogP contribution is -2.17. The van der Waals surface area contributed by atoms with Crippen LogP contribution in [0.3, 0.4) is 0 Å². The van der Waals surface area contributed by atoms with E-state index in [1.165, 1.54) is 7.11 Å². The maximum absolute atomic E-state index is 11.7. The monoisotopic (exact) mass is 269 g/mol. The summed E-state index contributed by atoms with van der Waals surface area (Å²) in [6, 6.07) is 4.87. The third-order valence-corrected chi connectivity index (χ3v) is 3.19. The van der Waals surface area contributed by atoms with Crippen molar-refractivity contribution in [1.29, 1.82) is 0 Å². The first-order valence-corrected chi connectivity index (χ1v) is 5.78. The van der Waals surface area contributed by atoms with Gasteiger partial charge < -0.3 is 15.2 Å². The van der Waals surface area contributed by atoms with E-state index in [1.54, 1.807) is 18.2 Å². The van der Waals surface area contributed by atoms with Crippen LogP contribution in [0.1, 0.15) is 6.42 Å². The van der Waals surface area contributed by atoms with Gasteiger partial charge in [0.2, 0.25) is 5.91 Å². The zero-order valence-corrected chi connectivity index (χ0v) is 10.4. The second-order valence-electron chi connectivity index (χ2n) is 4.12. The number of carbonyl (C=O) groups is 2. The third-order valence-electron chi connectivity index (χ3n) is 2.88. The van der Waals surface area contributed by atoms with Crippen molar-refractivity contribution >= 4 is 29.2 Å². The molecule has 1 saturated carbocycles. The Bertz CT molecular complexity index is 503. The molecule has 1 aromatic carbocycles. The molecule has 0 aromatic heterocycles. The largest absolute Gasteiger partial charge is 0.497 e. The molecule has 1 aliphatic rings. The molecule has 96 valence electrons. The number of nitrogens with one attached hydrogen (secondary N) is 1. The topological polar surface area (TPSA) is 75.6 Å². The molecule has 5 nitrogen and oxygen atoms in total. The Morgan fingerprint density at radius 2 is 2.17 bits per heavy atom. The standard InChI is InChI=1S/C12H12ClNO4/c1-18-6-2-3-10(9(13)4-6)14-11(15)7-5-8(7)12(16)17/h2-4,7-8H,5H2,1H3,(H,14,15)(H,16,17). The first-order valence-electron chi connectivity index (χ1n) is 5.40. The van der Waals surface area contributed by atoms with Gasteiger partial charge in [-0.1, -0.05) is 11.6 Å². The fourth-order valence-electron chi connectivity index (χ4n) is 1.71. The number of carboxylic acids is 1. The Morgan fingerprint density at radius 1 is 1.44 bits per heavy atom. The number of hydrogen-bond donors (Lipinski definition) is 2. The molecule has 0 bridgehead atoms. The fraction of sp³-hybridized carbons (Fsp3) is 0.333. The summed E-state index contributed by atoms with van der Waals surface area (Å²) in [6.07, 6.45) is 0.384. The Morgan fingerprint density at radius 3 is 2.67 bits per heavy atom. The summed E-state index contributed by atoms with van der Waals surface area (Å²) in [5.74, 6) is -1.68. The molecule has 0 spiro atoms. The van der Waals surface area contributed by atoms with Crippen molar-refractivity contribution in [2.24, 2.45) is 11.8 Å². The van der Waals surface area contributed by atoms with Crippen molar-refractivity contribution in [3.8, 4) is 5.75 Å². The lowest BCUT2D eigenvalue weighted by Gasteiger charge is -2.08. The summed E-state index contributed by atoms with van der Waals surface area (Å²) < 4.78 is 4.99. The summed E-state index contributed by atoms with van der Waals surface area (Å²) in [5.41, 5.74) is 0.457. The Kier molecular flexibility index (Phi) is 3.43. The normalized spacial score (nSPS) is 21.2. The van der Waals surface area contributed by atoms with Gasteiger partial charge >= 0.3 is 5.97 Å². The highest BCUT2D eigenvalue weighted by atomic mass is 35.5. The molecule has 0 radical (unpaired) electrons. The van der Waals surface area contributed by atoms with E-state index in [-0.39, 0.29) is 5.91 Å². The van der Waals surface area contributed by atoms with E-state index >= 15 is 0 Å². The van der Waals surface area contributed by atoms with E-state index in [2.05, 4.69) is 5.32 Å². The Labute approximate surface area is 109 Å². The number of halogens is 1. The van der Waals surface area contributed by atoms with Gasteiger partial charge in [0.05, 0.1) is 29.7 Å². The van der Waals surface area contributed by atoms with Gasteiger partial charge in [0, 0.05) is 6.07 Å². The van der Waals surface area contributed by atoms with Gasteiger partial charge in [0.25, 0.3) is 0 Å². The Hall–Kier alpha value is -1.75. The second-order valence-corrected chi connectivity index (χ2v) is 4.53. The lowest BCUT2D eigenvalue weighted by atomic mass is 10.2. The number of anilines is 1. The van der Waals surface area contributed by atoms with Crippen LogP contribution in [0, 0.1) is 11.8 Å². The van der Waals surface area contributed by atoms with Crippen LogP contribution in [0.2, 0.25) is 5.02 Å². The molecule has 0 saturated heterocycles. The zero-order chi connectivity index (χ0) is 13.3. The molecule has 0 heterocycles. The molecule has 6 heteroatoms. The zero-order valence-electron chi connectivity index (χ0n) is 9.64. The van der Waals surface area contributed by atoms with Crippen molar-refractivity contribution in [3.05, 3.63) is 23.2 Å². The van der Waals surface area contributed by atoms with Crippen molar-refractivity contribution in [3.63, 3.8) is 0 Å². The fourth-order valence-corrected chi connectivity index (χ4v) is 1.93. The third kappa shape index (κ3) is 2.56. The van der Waals surface area contributed by atoms with Crippen LogP contribution in [0.4, 0.5) is 5.69 Å². The predicted octanol–water partition coefficient (Wildman–Crippen LogP) is 2.01. The van der Waals surface area contributed by atoms with Crippen LogP contribution < -0.4 is 10.1 Å². The number of ether oxygens (including phenoxy) is 1. The number of hydrogen-bond acceptors (Lipinski definition) is 3.